The number of aliphatic hydroxyl groups is 1. The molecule has 0 fully saturated rings. The standard InChI is InChI=1S/C10H16BrNO2S/c11-10-3-2-9(15-10)8-12-4-1-6-14-7-5-13/h2-3,12-13H,1,4-8H2. The van der Waals surface area contributed by atoms with Crippen LogP contribution in [0.1, 0.15) is 11.3 Å². The quantitative estimate of drug-likeness (QED) is 0.721. The Kier molecular flexibility index (Phi) is 7.21. The molecule has 0 aliphatic carbocycles. The number of hydrogen-bond donors (Lipinski definition) is 2. The first-order valence-electron chi connectivity index (χ1n) is 4.96. The average Bonchev–Trinajstić information content (AvgIpc) is 2.63. The number of hydrogen-bond acceptors (Lipinski definition) is 4. The van der Waals surface area contributed by atoms with Crippen LogP contribution in [0.3, 0.4) is 0 Å². The fourth-order valence-electron chi connectivity index (χ4n) is 1.12. The summed E-state index contributed by atoms with van der Waals surface area (Å²) < 4.78 is 6.32. The van der Waals surface area contributed by atoms with E-state index < -0.39 is 0 Å². The van der Waals surface area contributed by atoms with Crippen molar-refractivity contribution in [2.75, 3.05) is 26.4 Å². The number of halogens is 1. The highest BCUT2D eigenvalue weighted by atomic mass is 79.9. The van der Waals surface area contributed by atoms with Crippen LogP contribution in [0.15, 0.2) is 15.9 Å². The molecule has 0 aliphatic rings. The molecular weight excluding hydrogens is 278 g/mol. The van der Waals surface area contributed by atoms with Gasteiger partial charge >= 0.3 is 0 Å². The number of thiophene rings is 1. The Bertz CT molecular complexity index is 268. The highest BCUT2D eigenvalue weighted by molar-refractivity contribution is 9.11. The van der Waals surface area contributed by atoms with Crippen LogP contribution in [0.25, 0.3) is 0 Å². The summed E-state index contributed by atoms with van der Waals surface area (Å²) in [4.78, 5) is 1.33. The van der Waals surface area contributed by atoms with Gasteiger partial charge in [-0.05, 0) is 41.0 Å². The van der Waals surface area contributed by atoms with Crippen molar-refractivity contribution in [1.82, 2.24) is 5.32 Å². The minimum Gasteiger partial charge on any atom is -0.394 e. The van der Waals surface area contributed by atoms with Crippen molar-refractivity contribution in [2.45, 2.75) is 13.0 Å². The lowest BCUT2D eigenvalue weighted by molar-refractivity contribution is 0.0907. The Morgan fingerprint density at radius 1 is 1.40 bits per heavy atom. The lowest BCUT2D eigenvalue weighted by Crippen LogP contribution is -2.16. The van der Waals surface area contributed by atoms with Gasteiger partial charge in [0.25, 0.3) is 0 Å². The van der Waals surface area contributed by atoms with Crippen molar-refractivity contribution >= 4 is 27.3 Å². The maximum atomic E-state index is 8.48. The molecule has 1 rings (SSSR count). The first-order valence-corrected chi connectivity index (χ1v) is 6.57. The van der Waals surface area contributed by atoms with Crippen molar-refractivity contribution in [3.8, 4) is 0 Å². The highest BCUT2D eigenvalue weighted by Gasteiger charge is 1.96. The molecule has 0 saturated heterocycles. The van der Waals surface area contributed by atoms with Gasteiger partial charge in [0.2, 0.25) is 0 Å². The van der Waals surface area contributed by atoms with Gasteiger partial charge in [-0.25, -0.2) is 0 Å². The monoisotopic (exact) mass is 293 g/mol. The van der Waals surface area contributed by atoms with Gasteiger partial charge < -0.3 is 15.2 Å². The minimum absolute atomic E-state index is 0.108. The van der Waals surface area contributed by atoms with E-state index in [4.69, 9.17) is 9.84 Å². The first-order chi connectivity index (χ1) is 7.33. The minimum atomic E-state index is 0.108. The molecule has 5 heteroatoms. The second kappa shape index (κ2) is 8.24. The smallest absolute Gasteiger partial charge is 0.0701 e. The molecule has 1 aromatic rings. The maximum Gasteiger partial charge on any atom is 0.0701 e. The molecule has 0 atom stereocenters. The Hall–Kier alpha value is 0.0600. The van der Waals surface area contributed by atoms with E-state index in [-0.39, 0.29) is 6.61 Å². The van der Waals surface area contributed by atoms with Gasteiger partial charge in [0.15, 0.2) is 0 Å². The van der Waals surface area contributed by atoms with Crippen LogP contribution < -0.4 is 5.32 Å². The van der Waals surface area contributed by atoms with E-state index in [2.05, 4.69) is 33.4 Å². The number of nitrogens with one attached hydrogen (secondary N) is 1. The molecule has 0 amide bonds. The maximum absolute atomic E-state index is 8.48. The molecule has 2 N–H and O–H groups in total. The summed E-state index contributed by atoms with van der Waals surface area (Å²) in [6.07, 6.45) is 0.979. The molecule has 15 heavy (non-hydrogen) atoms. The Morgan fingerprint density at radius 2 is 2.27 bits per heavy atom. The summed E-state index contributed by atoms with van der Waals surface area (Å²) in [5, 5.41) is 11.8. The van der Waals surface area contributed by atoms with Crippen LogP contribution in [0, 0.1) is 0 Å². The Labute approximate surface area is 103 Å². The zero-order valence-electron chi connectivity index (χ0n) is 8.54. The summed E-state index contributed by atoms with van der Waals surface area (Å²) in [5.74, 6) is 0. The van der Waals surface area contributed by atoms with E-state index in [1.807, 2.05) is 0 Å². The largest absolute Gasteiger partial charge is 0.394 e. The summed E-state index contributed by atoms with van der Waals surface area (Å²) in [5.41, 5.74) is 0. The van der Waals surface area contributed by atoms with Gasteiger partial charge in [-0.2, -0.15) is 0 Å². The molecule has 0 spiro atoms. The van der Waals surface area contributed by atoms with Crippen molar-refractivity contribution in [2.24, 2.45) is 0 Å². The molecular formula is C10H16BrNO2S. The van der Waals surface area contributed by atoms with Crippen molar-refractivity contribution < 1.29 is 9.84 Å². The normalized spacial score (nSPS) is 10.8. The lowest BCUT2D eigenvalue weighted by Gasteiger charge is -2.03. The van der Waals surface area contributed by atoms with Crippen molar-refractivity contribution in [3.63, 3.8) is 0 Å². The second-order valence-electron chi connectivity index (χ2n) is 3.07. The lowest BCUT2D eigenvalue weighted by atomic mass is 10.4. The topological polar surface area (TPSA) is 41.5 Å². The van der Waals surface area contributed by atoms with Gasteiger partial charge in [-0.3, -0.25) is 0 Å². The summed E-state index contributed by atoms with van der Waals surface area (Å²) in [7, 11) is 0. The third kappa shape index (κ3) is 6.27. The third-order valence-corrected chi connectivity index (χ3v) is 3.43. The zero-order valence-corrected chi connectivity index (χ0v) is 10.9. The SMILES string of the molecule is OCCOCCCNCc1ccc(Br)s1. The predicted octanol–water partition coefficient (Wildman–Crippen LogP) is 2.00. The highest BCUT2D eigenvalue weighted by Crippen LogP contribution is 2.21. The van der Waals surface area contributed by atoms with Gasteiger partial charge in [0, 0.05) is 18.0 Å². The van der Waals surface area contributed by atoms with E-state index in [0.717, 1.165) is 19.5 Å². The molecule has 1 aromatic heterocycles. The molecule has 0 aromatic carbocycles. The van der Waals surface area contributed by atoms with Crippen LogP contribution in [-0.4, -0.2) is 31.5 Å². The number of ether oxygens (including phenoxy) is 1. The van der Waals surface area contributed by atoms with E-state index in [9.17, 15) is 0 Å². The average molecular weight is 294 g/mol. The molecule has 1 heterocycles. The predicted molar refractivity (Wildman–Crippen MR) is 66.2 cm³/mol. The van der Waals surface area contributed by atoms with Gasteiger partial charge in [0.1, 0.15) is 0 Å². The fourth-order valence-corrected chi connectivity index (χ4v) is 2.58. The van der Waals surface area contributed by atoms with Gasteiger partial charge in [-0.15, -0.1) is 11.3 Å². The molecule has 0 bridgehead atoms. The van der Waals surface area contributed by atoms with E-state index in [1.165, 1.54) is 8.66 Å². The molecule has 0 saturated carbocycles. The summed E-state index contributed by atoms with van der Waals surface area (Å²) >= 11 is 5.18. The van der Waals surface area contributed by atoms with E-state index >= 15 is 0 Å². The van der Waals surface area contributed by atoms with Crippen LogP contribution in [0.2, 0.25) is 0 Å². The number of rotatable bonds is 8. The Morgan fingerprint density at radius 3 is 2.93 bits per heavy atom. The van der Waals surface area contributed by atoms with Crippen LogP contribution in [0.4, 0.5) is 0 Å². The second-order valence-corrected chi connectivity index (χ2v) is 5.62. The van der Waals surface area contributed by atoms with Gasteiger partial charge in [-0.1, -0.05) is 0 Å². The van der Waals surface area contributed by atoms with Crippen molar-refractivity contribution in [3.05, 3.63) is 20.8 Å². The molecule has 86 valence electrons. The van der Waals surface area contributed by atoms with E-state index in [1.54, 1.807) is 11.3 Å². The third-order valence-electron chi connectivity index (χ3n) is 1.81. The first kappa shape index (κ1) is 13.1. The van der Waals surface area contributed by atoms with Crippen molar-refractivity contribution in [1.29, 1.82) is 0 Å². The Balaban J connectivity index is 1.93. The number of aliphatic hydroxyl groups excluding tert-OH is 1. The van der Waals surface area contributed by atoms with Crippen LogP contribution in [0.5, 0.6) is 0 Å². The summed E-state index contributed by atoms with van der Waals surface area (Å²) in [6.45, 7) is 3.12. The molecule has 0 radical (unpaired) electrons. The summed E-state index contributed by atoms with van der Waals surface area (Å²) in [6, 6.07) is 4.18. The molecule has 3 nitrogen and oxygen atoms in total. The molecule has 0 aliphatic heterocycles. The van der Waals surface area contributed by atoms with Crippen LogP contribution >= 0.6 is 27.3 Å². The van der Waals surface area contributed by atoms with Crippen LogP contribution in [-0.2, 0) is 11.3 Å². The van der Waals surface area contributed by atoms with Gasteiger partial charge in [0.05, 0.1) is 17.0 Å². The molecule has 0 unspecified atom stereocenters. The zero-order chi connectivity index (χ0) is 10.9. The van der Waals surface area contributed by atoms with E-state index in [0.29, 0.717) is 13.2 Å². The fraction of sp³-hybridized carbons (Fsp3) is 0.600.